The maximum absolute atomic E-state index is 12.8. The van der Waals surface area contributed by atoms with Gasteiger partial charge in [0.1, 0.15) is 4.21 Å². The molecule has 4 aromatic rings. The van der Waals surface area contributed by atoms with E-state index >= 15 is 0 Å². The Hall–Kier alpha value is -2.95. The van der Waals surface area contributed by atoms with E-state index in [2.05, 4.69) is 11.1 Å². The molecule has 0 spiro atoms. The van der Waals surface area contributed by atoms with Gasteiger partial charge in [0.2, 0.25) is 0 Å². The average Bonchev–Trinajstić information content (AvgIpc) is 3.31. The van der Waals surface area contributed by atoms with Gasteiger partial charge in [-0.2, -0.15) is 13.7 Å². The molecule has 0 aliphatic carbocycles. The molecular formula is C18H11N3O2S2. The van der Waals surface area contributed by atoms with Crippen LogP contribution >= 0.6 is 11.3 Å². The maximum atomic E-state index is 12.8. The number of nitriles is 1. The molecule has 0 saturated carbocycles. The normalized spacial score (nSPS) is 11.5. The number of thiophene rings is 1. The molecule has 5 nitrogen and oxygen atoms in total. The van der Waals surface area contributed by atoms with Gasteiger partial charge in [-0.05, 0) is 35.2 Å². The quantitative estimate of drug-likeness (QED) is 0.552. The molecule has 122 valence electrons. The first-order valence-electron chi connectivity index (χ1n) is 7.36. The SMILES string of the molecule is N#Cc1ccc(-c2cncc3c2ccn3S(=O)(=O)c2cccs2)cc1. The first kappa shape index (κ1) is 15.6. The fraction of sp³-hybridized carbons (Fsp3) is 0. The lowest BCUT2D eigenvalue weighted by atomic mass is 10.0. The zero-order chi connectivity index (χ0) is 17.4. The number of hydrogen-bond acceptors (Lipinski definition) is 5. The zero-order valence-corrected chi connectivity index (χ0v) is 14.5. The van der Waals surface area contributed by atoms with Gasteiger partial charge in [-0.1, -0.05) is 18.2 Å². The maximum Gasteiger partial charge on any atom is 0.277 e. The summed E-state index contributed by atoms with van der Waals surface area (Å²) in [5.41, 5.74) is 2.79. The topological polar surface area (TPSA) is 75.8 Å². The Morgan fingerprint density at radius 3 is 2.56 bits per heavy atom. The molecule has 0 radical (unpaired) electrons. The number of nitrogens with zero attached hydrogens (tertiary/aromatic N) is 3. The first-order valence-corrected chi connectivity index (χ1v) is 9.68. The third-order valence-corrected chi connectivity index (χ3v) is 6.98. The third kappa shape index (κ3) is 2.52. The lowest BCUT2D eigenvalue weighted by molar-refractivity contribution is 0.591. The molecule has 4 rings (SSSR count). The molecule has 0 aliphatic heterocycles. The standard InChI is InChI=1S/C18H11N3O2S2/c19-10-13-3-5-14(6-4-13)16-11-20-12-17-15(16)7-8-21(17)25(22,23)18-2-1-9-24-18/h1-9,11-12H. The Balaban J connectivity index is 1.91. The molecule has 0 aliphatic rings. The van der Waals surface area contributed by atoms with E-state index in [0.29, 0.717) is 11.1 Å². The highest BCUT2D eigenvalue weighted by molar-refractivity contribution is 7.92. The summed E-state index contributed by atoms with van der Waals surface area (Å²) in [6.07, 6.45) is 4.80. The van der Waals surface area contributed by atoms with Crippen molar-refractivity contribution in [2.45, 2.75) is 4.21 Å². The van der Waals surface area contributed by atoms with Crippen LogP contribution in [0.15, 0.2) is 70.6 Å². The number of aromatic nitrogens is 2. The molecule has 0 saturated heterocycles. The monoisotopic (exact) mass is 365 g/mol. The fourth-order valence-electron chi connectivity index (χ4n) is 2.70. The Morgan fingerprint density at radius 1 is 1.08 bits per heavy atom. The highest BCUT2D eigenvalue weighted by atomic mass is 32.2. The van der Waals surface area contributed by atoms with Crippen molar-refractivity contribution < 1.29 is 8.42 Å². The van der Waals surface area contributed by atoms with Gasteiger partial charge in [-0.15, -0.1) is 11.3 Å². The van der Waals surface area contributed by atoms with Gasteiger partial charge in [0.05, 0.1) is 23.3 Å². The molecule has 3 heterocycles. The second-order valence-electron chi connectivity index (χ2n) is 5.36. The van der Waals surface area contributed by atoms with Gasteiger partial charge in [0.15, 0.2) is 0 Å². The van der Waals surface area contributed by atoms with Crippen LogP contribution in [0.1, 0.15) is 5.56 Å². The highest BCUT2D eigenvalue weighted by Gasteiger charge is 2.21. The van der Waals surface area contributed by atoms with Gasteiger partial charge in [-0.25, -0.2) is 3.97 Å². The van der Waals surface area contributed by atoms with E-state index in [1.54, 1.807) is 54.3 Å². The van der Waals surface area contributed by atoms with Crippen molar-refractivity contribution in [2.24, 2.45) is 0 Å². The van der Waals surface area contributed by atoms with E-state index in [4.69, 9.17) is 5.26 Å². The van der Waals surface area contributed by atoms with Crippen LogP contribution in [0, 0.1) is 11.3 Å². The second kappa shape index (κ2) is 5.84. The zero-order valence-electron chi connectivity index (χ0n) is 12.8. The first-order chi connectivity index (χ1) is 12.1. The van der Waals surface area contributed by atoms with E-state index in [1.165, 1.54) is 15.3 Å². The Morgan fingerprint density at radius 2 is 1.88 bits per heavy atom. The van der Waals surface area contributed by atoms with Crippen molar-refractivity contribution in [3.8, 4) is 17.2 Å². The highest BCUT2D eigenvalue weighted by Crippen LogP contribution is 2.31. The van der Waals surface area contributed by atoms with Gasteiger partial charge in [-0.3, -0.25) is 4.98 Å². The molecule has 0 unspecified atom stereocenters. The smallest absolute Gasteiger partial charge is 0.262 e. The van der Waals surface area contributed by atoms with Crippen molar-refractivity contribution in [1.29, 1.82) is 5.26 Å². The Bertz CT molecular complexity index is 1200. The van der Waals surface area contributed by atoms with E-state index in [0.717, 1.165) is 16.5 Å². The van der Waals surface area contributed by atoms with Crippen LogP contribution in [0.2, 0.25) is 0 Å². The van der Waals surface area contributed by atoms with Gasteiger partial charge in [0.25, 0.3) is 10.0 Å². The van der Waals surface area contributed by atoms with Gasteiger partial charge in [0, 0.05) is 23.3 Å². The predicted octanol–water partition coefficient (Wildman–Crippen LogP) is 3.87. The van der Waals surface area contributed by atoms with Crippen LogP contribution in [0.3, 0.4) is 0 Å². The summed E-state index contributed by atoms with van der Waals surface area (Å²) in [6, 6.07) is 14.3. The van der Waals surface area contributed by atoms with Crippen LogP contribution in [0.5, 0.6) is 0 Å². The summed E-state index contributed by atoms with van der Waals surface area (Å²) >= 11 is 1.18. The predicted molar refractivity (Wildman–Crippen MR) is 96.8 cm³/mol. The van der Waals surface area contributed by atoms with E-state index in [9.17, 15) is 8.42 Å². The summed E-state index contributed by atoms with van der Waals surface area (Å²) in [7, 11) is -3.64. The van der Waals surface area contributed by atoms with Crippen molar-refractivity contribution in [3.05, 3.63) is 72.0 Å². The van der Waals surface area contributed by atoms with Crippen molar-refractivity contribution in [2.75, 3.05) is 0 Å². The number of fused-ring (bicyclic) bond motifs is 1. The number of pyridine rings is 1. The summed E-state index contributed by atoms with van der Waals surface area (Å²) in [6.45, 7) is 0. The van der Waals surface area contributed by atoms with Crippen molar-refractivity contribution in [3.63, 3.8) is 0 Å². The van der Waals surface area contributed by atoms with Crippen molar-refractivity contribution >= 4 is 32.3 Å². The molecular weight excluding hydrogens is 354 g/mol. The molecule has 0 fully saturated rings. The Kier molecular flexibility index (Phi) is 3.64. The van der Waals surface area contributed by atoms with E-state index in [1.807, 2.05) is 12.1 Å². The summed E-state index contributed by atoms with van der Waals surface area (Å²) in [5, 5.41) is 11.4. The summed E-state index contributed by atoms with van der Waals surface area (Å²) in [4.78, 5) is 4.21. The van der Waals surface area contributed by atoms with Crippen LogP contribution in [0.4, 0.5) is 0 Å². The van der Waals surface area contributed by atoms with Crippen LogP contribution in [0.25, 0.3) is 22.0 Å². The minimum absolute atomic E-state index is 0.286. The minimum atomic E-state index is -3.64. The summed E-state index contributed by atoms with van der Waals surface area (Å²) < 4.78 is 27.2. The van der Waals surface area contributed by atoms with Gasteiger partial charge >= 0.3 is 0 Å². The second-order valence-corrected chi connectivity index (χ2v) is 8.35. The lowest BCUT2D eigenvalue weighted by Gasteiger charge is -2.07. The van der Waals surface area contributed by atoms with Crippen LogP contribution < -0.4 is 0 Å². The molecule has 7 heteroatoms. The largest absolute Gasteiger partial charge is 0.277 e. The number of hydrogen-bond donors (Lipinski definition) is 0. The molecule has 1 aromatic carbocycles. The van der Waals surface area contributed by atoms with E-state index in [-0.39, 0.29) is 4.21 Å². The molecule has 0 amide bonds. The molecule has 3 aromatic heterocycles. The molecule has 0 bridgehead atoms. The Labute approximate surface area is 148 Å². The molecule has 0 N–H and O–H groups in total. The molecule has 25 heavy (non-hydrogen) atoms. The number of benzene rings is 1. The van der Waals surface area contributed by atoms with Gasteiger partial charge < -0.3 is 0 Å². The van der Waals surface area contributed by atoms with Crippen LogP contribution in [-0.4, -0.2) is 17.4 Å². The number of rotatable bonds is 3. The summed E-state index contributed by atoms with van der Waals surface area (Å²) in [5.74, 6) is 0. The fourth-order valence-corrected chi connectivity index (χ4v) is 5.12. The third-order valence-electron chi connectivity index (χ3n) is 3.91. The lowest BCUT2D eigenvalue weighted by Crippen LogP contribution is -2.10. The average molecular weight is 365 g/mol. The van der Waals surface area contributed by atoms with Crippen molar-refractivity contribution in [1.82, 2.24) is 8.96 Å². The van der Waals surface area contributed by atoms with E-state index < -0.39 is 10.0 Å². The minimum Gasteiger partial charge on any atom is -0.262 e. The molecule has 0 atom stereocenters. The van der Waals surface area contributed by atoms with Crippen LogP contribution in [-0.2, 0) is 10.0 Å².